The fourth-order valence-electron chi connectivity index (χ4n) is 4.17. The van der Waals surface area contributed by atoms with E-state index in [2.05, 4.69) is 30.9 Å². The largest absolute Gasteiger partial charge is 0.480 e. The normalized spacial score (nSPS) is 14.3. The number of aromatic amines is 2. The third-order valence-electron chi connectivity index (χ3n) is 6.59. The van der Waals surface area contributed by atoms with Gasteiger partial charge in [-0.15, -0.1) is 0 Å². The van der Waals surface area contributed by atoms with Crippen molar-refractivity contribution >= 4 is 46.4 Å². The lowest BCUT2D eigenvalue weighted by Gasteiger charge is -2.25. The van der Waals surface area contributed by atoms with E-state index < -0.39 is 47.9 Å². The summed E-state index contributed by atoms with van der Waals surface area (Å²) in [6.07, 6.45) is 6.99. The van der Waals surface area contributed by atoms with Gasteiger partial charge in [-0.05, 0) is 36.0 Å². The number of nitrogens with two attached hydrogens (primary N) is 1. The van der Waals surface area contributed by atoms with E-state index in [9.17, 15) is 24.3 Å². The molecule has 2 heterocycles. The Labute approximate surface area is 236 Å². The maximum Gasteiger partial charge on any atom is 0.326 e. The van der Waals surface area contributed by atoms with E-state index in [1.807, 2.05) is 30.5 Å². The summed E-state index contributed by atoms with van der Waals surface area (Å²) >= 11 is 1.48. The Kier molecular flexibility index (Phi) is 11.1. The second kappa shape index (κ2) is 14.5. The number of para-hydroxylation sites is 1. The molecule has 0 fully saturated rings. The summed E-state index contributed by atoms with van der Waals surface area (Å²) in [5.41, 5.74) is 8.20. The standard InChI is InChI=1S/C27H37N7O5S/c1-15(2)23(28)26(37)33-21(11-17-13-29-14-31-17)25(36)32-20(8-9-40-3)24(35)34-22(27(38)39)10-16-12-30-19-7-5-4-6-18(16)19/h4-7,12-15,20-23,30H,8-11,28H2,1-3H3,(H,29,31)(H,32,36)(H,33,37)(H,34,35)(H,38,39). The van der Waals surface area contributed by atoms with Gasteiger partial charge >= 0.3 is 5.97 Å². The van der Waals surface area contributed by atoms with E-state index in [-0.39, 0.29) is 25.2 Å². The Bertz CT molecular complexity index is 1290. The molecule has 0 aliphatic rings. The molecule has 0 saturated heterocycles. The van der Waals surface area contributed by atoms with Gasteiger partial charge in [0, 0.05) is 41.8 Å². The molecule has 13 heteroatoms. The average molecular weight is 572 g/mol. The quantitative estimate of drug-likeness (QED) is 0.140. The third kappa shape index (κ3) is 8.33. The average Bonchev–Trinajstić information content (AvgIpc) is 3.59. The van der Waals surface area contributed by atoms with Gasteiger partial charge in [-0.1, -0.05) is 32.0 Å². The molecular formula is C27H37N7O5S. The number of thioether (sulfide) groups is 1. The minimum atomic E-state index is -1.22. The summed E-state index contributed by atoms with van der Waals surface area (Å²) in [6.45, 7) is 3.60. The molecule has 3 amide bonds. The van der Waals surface area contributed by atoms with Crippen molar-refractivity contribution in [2.45, 2.75) is 57.3 Å². The fourth-order valence-corrected chi connectivity index (χ4v) is 4.64. The van der Waals surface area contributed by atoms with Gasteiger partial charge < -0.3 is 36.8 Å². The number of aliphatic carboxylic acids is 1. The van der Waals surface area contributed by atoms with E-state index in [0.717, 1.165) is 16.5 Å². The Morgan fingerprint density at radius 3 is 2.30 bits per heavy atom. The second-order valence-corrected chi connectivity index (χ2v) is 10.9. The van der Waals surface area contributed by atoms with Crippen LogP contribution in [-0.2, 0) is 32.0 Å². The first-order chi connectivity index (χ1) is 19.1. The molecule has 1 aromatic carbocycles. The predicted octanol–water partition coefficient (Wildman–Crippen LogP) is 0.952. The van der Waals surface area contributed by atoms with Crippen LogP contribution in [0.25, 0.3) is 10.9 Å². The zero-order chi connectivity index (χ0) is 29.2. The van der Waals surface area contributed by atoms with Crippen LogP contribution in [-0.4, -0.2) is 79.9 Å². The van der Waals surface area contributed by atoms with E-state index in [1.54, 1.807) is 20.0 Å². The Morgan fingerprint density at radius 2 is 1.65 bits per heavy atom. The van der Waals surface area contributed by atoms with Crippen molar-refractivity contribution in [2.75, 3.05) is 12.0 Å². The maximum atomic E-state index is 13.4. The van der Waals surface area contributed by atoms with Crippen LogP contribution >= 0.6 is 11.8 Å². The highest BCUT2D eigenvalue weighted by Crippen LogP contribution is 2.19. The van der Waals surface area contributed by atoms with Gasteiger partial charge in [0.25, 0.3) is 0 Å². The molecule has 2 aromatic heterocycles. The van der Waals surface area contributed by atoms with Crippen LogP contribution in [0, 0.1) is 5.92 Å². The van der Waals surface area contributed by atoms with E-state index in [0.29, 0.717) is 11.4 Å². The van der Waals surface area contributed by atoms with Gasteiger partial charge in [0.15, 0.2) is 0 Å². The van der Waals surface area contributed by atoms with E-state index in [1.165, 1.54) is 24.3 Å². The van der Waals surface area contributed by atoms with E-state index in [4.69, 9.17) is 5.73 Å². The molecule has 3 rings (SSSR count). The van der Waals surface area contributed by atoms with E-state index >= 15 is 0 Å². The summed E-state index contributed by atoms with van der Waals surface area (Å²) in [4.78, 5) is 61.5. The lowest BCUT2D eigenvalue weighted by atomic mass is 10.0. The fraction of sp³-hybridized carbons (Fsp3) is 0.444. The number of nitrogens with zero attached hydrogens (tertiary/aromatic N) is 1. The van der Waals surface area contributed by atoms with Crippen LogP contribution in [0.15, 0.2) is 43.0 Å². The smallest absolute Gasteiger partial charge is 0.326 e. The van der Waals surface area contributed by atoms with Gasteiger partial charge in [-0.3, -0.25) is 14.4 Å². The minimum absolute atomic E-state index is 0.0554. The highest BCUT2D eigenvalue weighted by Gasteiger charge is 2.31. The van der Waals surface area contributed by atoms with Crippen molar-refractivity contribution < 1.29 is 24.3 Å². The molecule has 0 aliphatic heterocycles. The first-order valence-electron chi connectivity index (χ1n) is 13.0. The molecule has 12 nitrogen and oxygen atoms in total. The van der Waals surface area contributed by atoms with Gasteiger partial charge in [0.1, 0.15) is 18.1 Å². The number of amides is 3. The number of hydrogen-bond donors (Lipinski definition) is 7. The molecular weight excluding hydrogens is 534 g/mol. The van der Waals surface area contributed by atoms with Crippen LogP contribution in [0.2, 0.25) is 0 Å². The number of aromatic nitrogens is 3. The first-order valence-corrected chi connectivity index (χ1v) is 14.4. The van der Waals surface area contributed by atoms with Crippen LogP contribution in [0.1, 0.15) is 31.5 Å². The lowest BCUT2D eigenvalue weighted by molar-refractivity contribution is -0.142. The van der Waals surface area contributed by atoms with Crippen LogP contribution < -0.4 is 21.7 Å². The highest BCUT2D eigenvalue weighted by atomic mass is 32.2. The molecule has 8 N–H and O–H groups in total. The number of fused-ring (bicyclic) bond motifs is 1. The maximum absolute atomic E-state index is 13.4. The number of hydrogen-bond acceptors (Lipinski definition) is 7. The zero-order valence-electron chi connectivity index (χ0n) is 22.8. The number of carbonyl (C=O) groups excluding carboxylic acids is 3. The van der Waals surface area contributed by atoms with Crippen LogP contribution in [0.5, 0.6) is 0 Å². The number of nitrogens with one attached hydrogen (secondary N) is 5. The molecule has 0 bridgehead atoms. The summed E-state index contributed by atoms with van der Waals surface area (Å²) in [5, 5.41) is 18.7. The monoisotopic (exact) mass is 571 g/mol. The topological polar surface area (TPSA) is 195 Å². The summed E-state index contributed by atoms with van der Waals surface area (Å²) in [5.74, 6) is -2.52. The Balaban J connectivity index is 1.75. The van der Waals surface area contributed by atoms with Crippen molar-refractivity contribution in [3.8, 4) is 0 Å². The second-order valence-electron chi connectivity index (χ2n) is 9.92. The van der Waals surface area contributed by atoms with Gasteiger partial charge in [0.05, 0.1) is 12.4 Å². The highest BCUT2D eigenvalue weighted by molar-refractivity contribution is 7.98. The molecule has 0 aliphatic carbocycles. The summed E-state index contributed by atoms with van der Waals surface area (Å²) in [7, 11) is 0. The minimum Gasteiger partial charge on any atom is -0.480 e. The van der Waals surface area contributed by atoms with Crippen LogP contribution in [0.3, 0.4) is 0 Å². The molecule has 216 valence electrons. The third-order valence-corrected chi connectivity index (χ3v) is 7.23. The predicted molar refractivity (Wildman–Crippen MR) is 154 cm³/mol. The molecule has 0 saturated carbocycles. The number of carbonyl (C=O) groups is 4. The van der Waals surface area contributed by atoms with Gasteiger partial charge in [0.2, 0.25) is 17.7 Å². The van der Waals surface area contributed by atoms with Crippen molar-refractivity contribution in [2.24, 2.45) is 11.7 Å². The number of carboxylic acids is 1. The number of imidazole rings is 1. The molecule has 0 radical (unpaired) electrons. The summed E-state index contributed by atoms with van der Waals surface area (Å²) in [6, 6.07) is 3.38. The van der Waals surface area contributed by atoms with Crippen molar-refractivity contribution in [1.29, 1.82) is 0 Å². The van der Waals surface area contributed by atoms with Gasteiger partial charge in [-0.25, -0.2) is 9.78 Å². The summed E-state index contributed by atoms with van der Waals surface area (Å²) < 4.78 is 0. The number of H-pyrrole nitrogens is 2. The van der Waals surface area contributed by atoms with Crippen molar-refractivity contribution in [3.05, 3.63) is 54.2 Å². The lowest BCUT2D eigenvalue weighted by Crippen LogP contribution is -2.58. The van der Waals surface area contributed by atoms with Crippen LogP contribution in [0.4, 0.5) is 0 Å². The number of benzene rings is 1. The van der Waals surface area contributed by atoms with Crippen molar-refractivity contribution in [1.82, 2.24) is 30.9 Å². The van der Waals surface area contributed by atoms with Crippen molar-refractivity contribution in [3.63, 3.8) is 0 Å². The SMILES string of the molecule is CSCCC(NC(=O)C(Cc1cnc[nH]1)NC(=O)C(N)C(C)C)C(=O)NC(Cc1c[nH]c2ccccc12)C(=O)O. The molecule has 4 atom stereocenters. The zero-order valence-corrected chi connectivity index (χ0v) is 23.6. The Hall–Kier alpha value is -3.84. The van der Waals surface area contributed by atoms with Gasteiger partial charge in [-0.2, -0.15) is 11.8 Å². The Morgan fingerprint density at radius 1 is 0.975 bits per heavy atom. The number of carboxylic acid groups (broad SMARTS) is 1. The number of rotatable bonds is 15. The molecule has 4 unspecified atom stereocenters. The molecule has 3 aromatic rings. The molecule has 40 heavy (non-hydrogen) atoms. The first kappa shape index (κ1) is 30.7. The molecule has 0 spiro atoms.